The van der Waals surface area contributed by atoms with Crippen LogP contribution in [0, 0.1) is 35.5 Å². The molecule has 0 spiro atoms. The van der Waals surface area contributed by atoms with Gasteiger partial charge < -0.3 is 70.7 Å². The molecule has 26 heteroatoms. The van der Waals surface area contributed by atoms with Crippen molar-refractivity contribution in [2.45, 2.75) is 235 Å². The van der Waals surface area contributed by atoms with E-state index in [2.05, 4.69) is 26.6 Å². The zero-order valence-corrected chi connectivity index (χ0v) is 59.5. The van der Waals surface area contributed by atoms with Gasteiger partial charge in [-0.1, -0.05) is 95.2 Å². The quantitative estimate of drug-likeness (QED) is 0.114. The van der Waals surface area contributed by atoms with Crippen LogP contribution in [0.5, 0.6) is 0 Å². The number of nitrogens with zero attached hydrogens (tertiary/aromatic N) is 7. The molecule has 6 N–H and O–H groups in total. The van der Waals surface area contributed by atoms with Crippen molar-refractivity contribution >= 4 is 71.1 Å². The second-order valence-corrected chi connectivity index (χ2v) is 27.3. The Hall–Kier alpha value is -6.86. The van der Waals surface area contributed by atoms with E-state index in [1.165, 1.54) is 96.6 Å². The lowest BCUT2D eigenvalue weighted by atomic mass is 9.91. The summed E-state index contributed by atoms with van der Waals surface area (Å²) >= 11 is 0. The first-order chi connectivity index (χ1) is 42.0. The third kappa shape index (κ3) is 23.6. The number of carbonyl (C=O) groups is 12. The average molecular weight is 1290 g/mol. The highest BCUT2D eigenvalue weighted by atomic mass is 16.6. The van der Waals surface area contributed by atoms with Crippen molar-refractivity contribution in [3.8, 4) is 0 Å². The molecule has 26 nitrogen and oxygen atoms in total. The van der Waals surface area contributed by atoms with Crippen LogP contribution in [-0.4, -0.2) is 245 Å². The molecule has 1 rings (SSSR count). The second-order valence-electron chi connectivity index (χ2n) is 27.3. The number of ether oxygens (including phenoxy) is 1. The Balaban J connectivity index is 4.44. The molecule has 12 amide bonds. The number of rotatable bonds is 17. The van der Waals surface area contributed by atoms with Crippen LogP contribution in [-0.2, 0) is 57.5 Å². The molecule has 520 valence electrons. The molecule has 1 heterocycles. The predicted molar refractivity (Wildman–Crippen MR) is 348 cm³/mol. The largest absolute Gasteiger partial charge is 0.443 e. The van der Waals surface area contributed by atoms with Gasteiger partial charge >= 0.3 is 6.09 Å². The molecule has 1 aliphatic heterocycles. The highest BCUT2D eigenvalue weighted by molar-refractivity contribution is 5.99. The number of likely N-dealkylation sites (N-methyl/N-ethyl adjacent to an activating group) is 7. The fraction of sp³-hybridized carbons (Fsp3) is 0.785. The van der Waals surface area contributed by atoms with Crippen LogP contribution in [0.25, 0.3) is 0 Å². The van der Waals surface area contributed by atoms with Gasteiger partial charge in [-0.3, -0.25) is 52.7 Å². The van der Waals surface area contributed by atoms with Crippen molar-refractivity contribution in [1.29, 1.82) is 0 Å². The Bertz CT molecular complexity index is 2540. The number of aliphatic hydroxyl groups excluding tert-OH is 1. The van der Waals surface area contributed by atoms with Crippen molar-refractivity contribution in [3.63, 3.8) is 0 Å². The SMILES string of the molecule is C/C=C/CC(C)C(O)[C@H]1C(=O)N[C@@H](CC)C(=O)N(C)CC(=O)N(C)[C@@H](CC(C)(C)OC(=O)NCC)C(=O)N[C@@H](C(C)C)C(=O)N(C)[C@@H](CC(C)C)C(=O)N[C@@H](C)C(=O)N[C@H](C)C(=O)N(C)[C@@H](CC(C)C)C(=O)N(C)[C@@H](CC(C)C)C(=O)N(C)[C@@H](C(C)C)C(=O)N1C. The Kier molecular flexibility index (Phi) is 33.4. The van der Waals surface area contributed by atoms with Gasteiger partial charge in [0.25, 0.3) is 0 Å². The maximum Gasteiger partial charge on any atom is 0.407 e. The van der Waals surface area contributed by atoms with Gasteiger partial charge in [-0.2, -0.15) is 0 Å². The van der Waals surface area contributed by atoms with Crippen LogP contribution in [0.4, 0.5) is 4.79 Å². The number of nitrogens with one attached hydrogen (secondary N) is 5. The van der Waals surface area contributed by atoms with E-state index >= 15 is 9.59 Å². The van der Waals surface area contributed by atoms with Crippen molar-refractivity contribution in [2.75, 3.05) is 62.4 Å². The minimum Gasteiger partial charge on any atom is -0.443 e. The minimum atomic E-state index is -1.66. The topological polar surface area (TPSA) is 317 Å². The molecule has 0 aromatic heterocycles. The molecule has 1 saturated heterocycles. The fourth-order valence-electron chi connectivity index (χ4n) is 11.1. The first kappa shape index (κ1) is 82.2. The van der Waals surface area contributed by atoms with E-state index in [9.17, 15) is 53.1 Å². The number of alkyl carbamates (subject to hydrolysis) is 1. The summed E-state index contributed by atoms with van der Waals surface area (Å²) in [5, 5.41) is 25.6. The number of amides is 12. The molecule has 0 saturated carbocycles. The smallest absolute Gasteiger partial charge is 0.407 e. The number of hydrogen-bond donors (Lipinski definition) is 6. The van der Waals surface area contributed by atoms with Crippen LogP contribution in [0.1, 0.15) is 163 Å². The van der Waals surface area contributed by atoms with Gasteiger partial charge in [-0.05, 0) is 109 Å². The third-order valence-corrected chi connectivity index (χ3v) is 16.8. The number of hydrogen-bond acceptors (Lipinski definition) is 14. The van der Waals surface area contributed by atoms with Crippen molar-refractivity contribution in [1.82, 2.24) is 60.9 Å². The Labute approximate surface area is 542 Å². The molecule has 2 unspecified atom stereocenters. The van der Waals surface area contributed by atoms with Crippen LogP contribution >= 0.6 is 0 Å². The average Bonchev–Trinajstić information content (AvgIpc) is 0.893. The third-order valence-electron chi connectivity index (χ3n) is 16.8. The molecule has 0 aromatic rings. The molecule has 0 aromatic carbocycles. The van der Waals surface area contributed by atoms with Crippen molar-refractivity contribution < 1.29 is 67.4 Å². The maximum atomic E-state index is 15.2. The molecule has 1 aliphatic rings. The van der Waals surface area contributed by atoms with Crippen molar-refractivity contribution in [2.24, 2.45) is 35.5 Å². The van der Waals surface area contributed by atoms with E-state index in [-0.39, 0.29) is 62.8 Å². The molecule has 0 bridgehead atoms. The van der Waals surface area contributed by atoms with Gasteiger partial charge in [0.1, 0.15) is 66.0 Å². The summed E-state index contributed by atoms with van der Waals surface area (Å²) in [6.45, 7) is 30.1. The zero-order chi connectivity index (χ0) is 70.6. The minimum absolute atomic E-state index is 0.0347. The first-order valence-electron chi connectivity index (χ1n) is 32.3. The Morgan fingerprint density at radius 2 is 1.02 bits per heavy atom. The maximum absolute atomic E-state index is 15.2. The van der Waals surface area contributed by atoms with Gasteiger partial charge in [-0.15, -0.1) is 0 Å². The second kappa shape index (κ2) is 37.0. The van der Waals surface area contributed by atoms with E-state index in [4.69, 9.17) is 4.74 Å². The van der Waals surface area contributed by atoms with Gasteiger partial charge in [0.15, 0.2) is 0 Å². The molecule has 0 radical (unpaired) electrons. The summed E-state index contributed by atoms with van der Waals surface area (Å²) in [5.41, 5.74) is -1.44. The number of aliphatic hydroxyl groups is 1. The predicted octanol–water partition coefficient (Wildman–Crippen LogP) is 3.14. The van der Waals surface area contributed by atoms with E-state index < -0.39 is 167 Å². The molecule has 1 fully saturated rings. The number of allylic oxidation sites excluding steroid dienone is 2. The fourth-order valence-corrected chi connectivity index (χ4v) is 11.1. The lowest BCUT2D eigenvalue weighted by Crippen LogP contribution is -2.63. The van der Waals surface area contributed by atoms with Gasteiger partial charge in [-0.25, -0.2) is 4.79 Å². The van der Waals surface area contributed by atoms with E-state index in [0.717, 1.165) is 14.7 Å². The molecular weight excluding hydrogens is 1170 g/mol. The lowest BCUT2D eigenvalue weighted by Gasteiger charge is -2.41. The molecule has 12 atom stereocenters. The molecular formula is C65H116N12O14. The Morgan fingerprint density at radius 3 is 1.49 bits per heavy atom. The van der Waals surface area contributed by atoms with Crippen LogP contribution in [0.2, 0.25) is 0 Å². The normalized spacial score (nSPS) is 25.9. The summed E-state index contributed by atoms with van der Waals surface area (Å²) in [5.74, 6) is -10.6. The van der Waals surface area contributed by atoms with E-state index in [1.807, 2.05) is 41.5 Å². The summed E-state index contributed by atoms with van der Waals surface area (Å²) in [4.78, 5) is 183. The van der Waals surface area contributed by atoms with Crippen molar-refractivity contribution in [3.05, 3.63) is 12.2 Å². The van der Waals surface area contributed by atoms with Crippen LogP contribution in [0.15, 0.2) is 12.2 Å². The highest BCUT2D eigenvalue weighted by Gasteiger charge is 2.46. The standard InChI is InChI=1S/C65H116N12O14/c1-26-29-30-41(14)53(79)52-57(83)69-44(27-2)59(85)71(19)35-49(78)72(20)48(34-65(17,18)91-64(90)66-28-3)56(82)70-50(39(10)11)62(88)73(21)45(31-36(4)5)55(81)67-42(15)54(80)68-43(16)58(84)74(22)46(32-37(6)7)60(86)75(23)47(33-38(8)9)61(87)76(24)51(40(12)13)63(89)77(52)25/h26,29,36-48,50-53,79H,27-28,30-35H2,1-25H3,(H,66,90)(H,67,81)(H,68,80)(H,69,83)(H,70,82)/b29-26+/t41?,42-,43+,44-,45-,46-,47-,48-,50-,51-,52-,53?/m0/s1. The molecule has 91 heavy (non-hydrogen) atoms. The number of carbonyl (C=O) groups excluding carboxylic acids is 12. The lowest BCUT2D eigenvalue weighted by molar-refractivity contribution is -0.157. The van der Waals surface area contributed by atoms with Gasteiger partial charge in [0.05, 0.1) is 12.6 Å². The van der Waals surface area contributed by atoms with E-state index in [1.54, 1.807) is 67.5 Å². The van der Waals surface area contributed by atoms with Crippen LogP contribution in [0.3, 0.4) is 0 Å². The molecule has 0 aliphatic carbocycles. The van der Waals surface area contributed by atoms with Gasteiger partial charge in [0.2, 0.25) is 65.0 Å². The Morgan fingerprint density at radius 1 is 0.560 bits per heavy atom. The monoisotopic (exact) mass is 1290 g/mol. The highest BCUT2D eigenvalue weighted by Crippen LogP contribution is 2.27. The van der Waals surface area contributed by atoms with Gasteiger partial charge in [0, 0.05) is 62.3 Å². The summed E-state index contributed by atoms with van der Waals surface area (Å²) < 4.78 is 5.70. The summed E-state index contributed by atoms with van der Waals surface area (Å²) in [6, 6.07) is -13.2. The first-order valence-corrected chi connectivity index (χ1v) is 32.3. The summed E-state index contributed by atoms with van der Waals surface area (Å²) in [7, 11) is 9.64. The summed E-state index contributed by atoms with van der Waals surface area (Å²) in [6.07, 6.45) is 1.50. The van der Waals surface area contributed by atoms with Crippen LogP contribution < -0.4 is 26.6 Å². The zero-order valence-electron chi connectivity index (χ0n) is 59.5. The van der Waals surface area contributed by atoms with E-state index in [0.29, 0.717) is 0 Å².